The van der Waals surface area contributed by atoms with Crippen molar-refractivity contribution in [1.82, 2.24) is 14.7 Å². The molecule has 15 heavy (non-hydrogen) atoms. The van der Waals surface area contributed by atoms with Crippen molar-refractivity contribution in [3.63, 3.8) is 0 Å². The lowest BCUT2D eigenvalue weighted by molar-refractivity contribution is 0.242. The zero-order valence-corrected chi connectivity index (χ0v) is 9.98. The van der Waals surface area contributed by atoms with Gasteiger partial charge in [-0.05, 0) is 5.92 Å². The Morgan fingerprint density at radius 1 is 1.53 bits per heavy atom. The maximum absolute atomic E-state index is 5.60. The summed E-state index contributed by atoms with van der Waals surface area (Å²) in [6.07, 6.45) is 3.98. The third kappa shape index (κ3) is 4.44. The standard InChI is InChI=1S/C11H22N4/c1-10(2)7-15(5-4-12)9-11-6-13-14(3)8-11/h6,8,10H,4-5,7,9,12H2,1-3H3. The quantitative estimate of drug-likeness (QED) is 0.757. The second kappa shape index (κ2) is 5.88. The number of hydrogen-bond donors (Lipinski definition) is 1. The Morgan fingerprint density at radius 3 is 2.73 bits per heavy atom. The van der Waals surface area contributed by atoms with Gasteiger partial charge in [-0.25, -0.2) is 0 Å². The van der Waals surface area contributed by atoms with E-state index in [0.717, 1.165) is 19.6 Å². The van der Waals surface area contributed by atoms with Crippen LogP contribution >= 0.6 is 0 Å². The van der Waals surface area contributed by atoms with Gasteiger partial charge in [-0.1, -0.05) is 13.8 Å². The van der Waals surface area contributed by atoms with Crippen molar-refractivity contribution in [3.8, 4) is 0 Å². The van der Waals surface area contributed by atoms with Crippen LogP contribution in [0.25, 0.3) is 0 Å². The first-order chi connectivity index (χ1) is 7.11. The highest BCUT2D eigenvalue weighted by Gasteiger charge is 2.08. The summed E-state index contributed by atoms with van der Waals surface area (Å²) in [5.74, 6) is 0.674. The van der Waals surface area contributed by atoms with Gasteiger partial charge in [0, 0.05) is 45.0 Å². The smallest absolute Gasteiger partial charge is 0.0534 e. The average molecular weight is 210 g/mol. The molecule has 0 spiro atoms. The first-order valence-corrected chi connectivity index (χ1v) is 5.51. The fourth-order valence-corrected chi connectivity index (χ4v) is 1.75. The summed E-state index contributed by atoms with van der Waals surface area (Å²) in [6, 6.07) is 0. The van der Waals surface area contributed by atoms with Crippen LogP contribution in [-0.2, 0) is 13.6 Å². The summed E-state index contributed by atoms with van der Waals surface area (Å²) >= 11 is 0. The first-order valence-electron chi connectivity index (χ1n) is 5.51. The summed E-state index contributed by atoms with van der Waals surface area (Å²) in [5.41, 5.74) is 6.86. The highest BCUT2D eigenvalue weighted by molar-refractivity contribution is 5.03. The lowest BCUT2D eigenvalue weighted by atomic mass is 10.2. The molecule has 4 nitrogen and oxygen atoms in total. The van der Waals surface area contributed by atoms with E-state index in [1.165, 1.54) is 5.56 Å². The number of hydrogen-bond acceptors (Lipinski definition) is 3. The van der Waals surface area contributed by atoms with Gasteiger partial charge in [-0.15, -0.1) is 0 Å². The molecule has 0 amide bonds. The molecular formula is C11H22N4. The number of nitrogens with zero attached hydrogens (tertiary/aromatic N) is 3. The van der Waals surface area contributed by atoms with Gasteiger partial charge >= 0.3 is 0 Å². The first kappa shape index (κ1) is 12.2. The highest BCUT2D eigenvalue weighted by atomic mass is 15.2. The molecule has 0 unspecified atom stereocenters. The molecule has 1 aromatic heterocycles. The Kier molecular flexibility index (Phi) is 4.78. The van der Waals surface area contributed by atoms with E-state index in [4.69, 9.17) is 5.73 Å². The number of aromatic nitrogens is 2. The van der Waals surface area contributed by atoms with Crippen LogP contribution in [0.3, 0.4) is 0 Å². The van der Waals surface area contributed by atoms with Crippen molar-refractivity contribution in [2.24, 2.45) is 18.7 Å². The highest BCUT2D eigenvalue weighted by Crippen LogP contribution is 2.05. The molecule has 0 radical (unpaired) electrons. The van der Waals surface area contributed by atoms with Crippen LogP contribution in [-0.4, -0.2) is 34.3 Å². The SMILES string of the molecule is CC(C)CN(CCN)Cc1cnn(C)c1. The molecule has 0 aliphatic rings. The van der Waals surface area contributed by atoms with E-state index in [9.17, 15) is 0 Å². The minimum atomic E-state index is 0.674. The molecule has 1 heterocycles. The van der Waals surface area contributed by atoms with Crippen molar-refractivity contribution in [2.45, 2.75) is 20.4 Å². The predicted molar refractivity (Wildman–Crippen MR) is 62.4 cm³/mol. The Bertz CT molecular complexity index is 280. The minimum absolute atomic E-state index is 0.674. The van der Waals surface area contributed by atoms with Gasteiger partial charge in [0.15, 0.2) is 0 Å². The molecule has 1 aromatic rings. The van der Waals surface area contributed by atoms with Gasteiger partial charge in [0.2, 0.25) is 0 Å². The van der Waals surface area contributed by atoms with Gasteiger partial charge in [0.25, 0.3) is 0 Å². The Labute approximate surface area is 92.1 Å². The molecule has 0 atom stereocenters. The summed E-state index contributed by atoms with van der Waals surface area (Å²) in [4.78, 5) is 2.38. The largest absolute Gasteiger partial charge is 0.329 e. The zero-order valence-electron chi connectivity index (χ0n) is 9.98. The molecule has 0 aromatic carbocycles. The predicted octanol–water partition coefficient (Wildman–Crippen LogP) is 0.837. The Morgan fingerprint density at radius 2 is 2.27 bits per heavy atom. The second-order valence-electron chi connectivity index (χ2n) is 4.44. The summed E-state index contributed by atoms with van der Waals surface area (Å²) in [5, 5.41) is 4.17. The van der Waals surface area contributed by atoms with Crippen molar-refractivity contribution < 1.29 is 0 Å². The van der Waals surface area contributed by atoms with Gasteiger partial charge in [0.1, 0.15) is 0 Å². The van der Waals surface area contributed by atoms with E-state index >= 15 is 0 Å². The molecule has 0 aliphatic heterocycles. The minimum Gasteiger partial charge on any atom is -0.329 e. The lowest BCUT2D eigenvalue weighted by Crippen LogP contribution is -2.32. The number of rotatable bonds is 6. The maximum atomic E-state index is 5.60. The van der Waals surface area contributed by atoms with Gasteiger partial charge < -0.3 is 5.73 Å². The molecule has 0 fully saturated rings. The third-order valence-corrected chi connectivity index (χ3v) is 2.23. The van der Waals surface area contributed by atoms with Gasteiger partial charge in [-0.2, -0.15) is 5.10 Å². The van der Waals surface area contributed by atoms with E-state index in [1.54, 1.807) is 0 Å². The van der Waals surface area contributed by atoms with E-state index in [0.29, 0.717) is 12.5 Å². The van der Waals surface area contributed by atoms with E-state index in [1.807, 2.05) is 17.9 Å². The van der Waals surface area contributed by atoms with Crippen molar-refractivity contribution in [1.29, 1.82) is 0 Å². The lowest BCUT2D eigenvalue weighted by Gasteiger charge is -2.22. The van der Waals surface area contributed by atoms with Crippen LogP contribution in [0.4, 0.5) is 0 Å². The summed E-state index contributed by atoms with van der Waals surface area (Å²) < 4.78 is 1.84. The topological polar surface area (TPSA) is 47.1 Å². The van der Waals surface area contributed by atoms with Crippen LogP contribution in [0.2, 0.25) is 0 Å². The van der Waals surface area contributed by atoms with E-state index in [-0.39, 0.29) is 0 Å². The summed E-state index contributed by atoms with van der Waals surface area (Å²) in [6.45, 7) is 8.16. The van der Waals surface area contributed by atoms with Crippen molar-refractivity contribution in [2.75, 3.05) is 19.6 Å². The molecular weight excluding hydrogens is 188 g/mol. The van der Waals surface area contributed by atoms with Gasteiger partial charge in [-0.3, -0.25) is 9.58 Å². The Balaban J connectivity index is 2.50. The molecule has 1 rings (SSSR count). The van der Waals surface area contributed by atoms with Crippen molar-refractivity contribution >= 4 is 0 Å². The van der Waals surface area contributed by atoms with Crippen LogP contribution < -0.4 is 5.73 Å². The fraction of sp³-hybridized carbons (Fsp3) is 0.727. The normalized spacial score (nSPS) is 11.6. The van der Waals surface area contributed by atoms with Crippen LogP contribution in [0.1, 0.15) is 19.4 Å². The molecule has 86 valence electrons. The van der Waals surface area contributed by atoms with E-state index in [2.05, 4.69) is 30.0 Å². The zero-order chi connectivity index (χ0) is 11.3. The monoisotopic (exact) mass is 210 g/mol. The number of nitrogens with two attached hydrogens (primary N) is 1. The molecule has 0 bridgehead atoms. The second-order valence-corrected chi connectivity index (χ2v) is 4.44. The summed E-state index contributed by atoms with van der Waals surface area (Å²) in [7, 11) is 1.94. The average Bonchev–Trinajstić information content (AvgIpc) is 2.50. The van der Waals surface area contributed by atoms with Crippen LogP contribution in [0.5, 0.6) is 0 Å². The van der Waals surface area contributed by atoms with E-state index < -0.39 is 0 Å². The number of aryl methyl sites for hydroxylation is 1. The molecule has 2 N–H and O–H groups in total. The molecule has 0 saturated carbocycles. The van der Waals surface area contributed by atoms with Gasteiger partial charge in [0.05, 0.1) is 6.20 Å². The molecule has 0 saturated heterocycles. The molecule has 0 aliphatic carbocycles. The fourth-order valence-electron chi connectivity index (χ4n) is 1.75. The van der Waals surface area contributed by atoms with Crippen LogP contribution in [0, 0.1) is 5.92 Å². The van der Waals surface area contributed by atoms with Crippen LogP contribution in [0.15, 0.2) is 12.4 Å². The Hall–Kier alpha value is -0.870. The maximum Gasteiger partial charge on any atom is 0.0534 e. The van der Waals surface area contributed by atoms with Crippen molar-refractivity contribution in [3.05, 3.63) is 18.0 Å². The third-order valence-electron chi connectivity index (χ3n) is 2.23. The molecule has 4 heteroatoms.